The summed E-state index contributed by atoms with van der Waals surface area (Å²) in [6, 6.07) is 0. The van der Waals surface area contributed by atoms with Gasteiger partial charge in [0.25, 0.3) is 0 Å². The van der Waals surface area contributed by atoms with Crippen molar-refractivity contribution in [2.24, 2.45) is 0 Å². The molecule has 16 heteroatoms. The standard InChI is InChI=1S/C28H46O12S4/c1-5-25(29)39-23(3)19-37-27(31)7-13-41-15-9-33-21-35-11-17-43-44-18-12-36-22-34-10-16-42-14-8-28(32)38-20-24(4)40-26(30)6-2/h5-6,23-24H,1-2,7-22H2,3-4H3. The first-order chi connectivity index (χ1) is 21.3. The molecule has 0 fully saturated rings. The van der Waals surface area contributed by atoms with E-state index < -0.39 is 24.1 Å². The topological polar surface area (TPSA) is 142 Å². The minimum atomic E-state index is -0.547. The number of hydrogen-bond donors (Lipinski definition) is 0. The van der Waals surface area contributed by atoms with Gasteiger partial charge >= 0.3 is 23.9 Å². The Morgan fingerprint density at radius 2 is 0.955 bits per heavy atom. The Morgan fingerprint density at radius 1 is 0.591 bits per heavy atom. The quantitative estimate of drug-likeness (QED) is 0.0257. The minimum Gasteiger partial charge on any atom is -0.462 e. The second-order valence-electron chi connectivity index (χ2n) is 8.51. The van der Waals surface area contributed by atoms with Crippen LogP contribution < -0.4 is 0 Å². The van der Waals surface area contributed by atoms with Gasteiger partial charge in [-0.2, -0.15) is 23.5 Å². The summed E-state index contributed by atoms with van der Waals surface area (Å²) in [5.41, 5.74) is 0. The second-order valence-corrected chi connectivity index (χ2v) is 13.7. The monoisotopic (exact) mass is 702 g/mol. The summed E-state index contributed by atoms with van der Waals surface area (Å²) in [6.45, 7) is 12.6. The third kappa shape index (κ3) is 30.6. The van der Waals surface area contributed by atoms with Crippen molar-refractivity contribution in [3.8, 4) is 0 Å². The van der Waals surface area contributed by atoms with Crippen LogP contribution in [0.2, 0.25) is 0 Å². The number of thioether (sulfide) groups is 2. The first-order valence-corrected chi connectivity index (χ1v) is 18.8. The van der Waals surface area contributed by atoms with Crippen LogP contribution in [-0.2, 0) is 57.1 Å². The van der Waals surface area contributed by atoms with Crippen molar-refractivity contribution >= 4 is 69.0 Å². The first-order valence-electron chi connectivity index (χ1n) is 14.0. The van der Waals surface area contributed by atoms with Crippen LogP contribution in [0.3, 0.4) is 0 Å². The van der Waals surface area contributed by atoms with Crippen molar-refractivity contribution in [2.75, 3.05) is 87.7 Å². The van der Waals surface area contributed by atoms with Gasteiger partial charge in [-0.25, -0.2) is 9.59 Å². The highest BCUT2D eigenvalue weighted by atomic mass is 33.1. The van der Waals surface area contributed by atoms with Gasteiger partial charge in [0.05, 0.1) is 39.3 Å². The zero-order chi connectivity index (χ0) is 32.7. The molecule has 0 bridgehead atoms. The van der Waals surface area contributed by atoms with Gasteiger partial charge in [0.15, 0.2) is 0 Å². The summed E-state index contributed by atoms with van der Waals surface area (Å²) in [6.07, 6.45) is 1.66. The van der Waals surface area contributed by atoms with Crippen molar-refractivity contribution < 1.29 is 57.1 Å². The maximum atomic E-state index is 11.7. The second kappa shape index (κ2) is 31.6. The average Bonchev–Trinajstić information content (AvgIpc) is 3.01. The van der Waals surface area contributed by atoms with Crippen LogP contribution in [0.25, 0.3) is 0 Å². The number of carbonyl (C=O) groups is 4. The highest BCUT2D eigenvalue weighted by molar-refractivity contribution is 8.76. The SMILES string of the molecule is C=CC(=O)OC(C)COC(=O)CCSCCOCOCCSSCCOCOCCSCCC(=O)OCC(C)OC(=O)C=C. The van der Waals surface area contributed by atoms with Crippen molar-refractivity contribution in [3.05, 3.63) is 25.3 Å². The Bertz CT molecular complexity index is 739. The maximum absolute atomic E-state index is 11.7. The molecule has 0 aromatic heterocycles. The van der Waals surface area contributed by atoms with Crippen LogP contribution >= 0.6 is 45.1 Å². The average molecular weight is 703 g/mol. The lowest BCUT2D eigenvalue weighted by molar-refractivity contribution is -0.154. The number of ether oxygens (including phenoxy) is 8. The molecule has 254 valence electrons. The molecule has 2 unspecified atom stereocenters. The summed E-state index contributed by atoms with van der Waals surface area (Å²) < 4.78 is 41.7. The largest absolute Gasteiger partial charge is 0.462 e. The lowest BCUT2D eigenvalue weighted by Gasteiger charge is -2.12. The van der Waals surface area contributed by atoms with Crippen LogP contribution in [0, 0.1) is 0 Å². The molecule has 0 aliphatic heterocycles. The molecule has 0 radical (unpaired) electrons. The molecule has 0 spiro atoms. The van der Waals surface area contributed by atoms with Gasteiger partial charge in [0, 0.05) is 46.7 Å². The lowest BCUT2D eigenvalue weighted by Crippen LogP contribution is -2.21. The van der Waals surface area contributed by atoms with Gasteiger partial charge in [0.1, 0.15) is 39.0 Å². The van der Waals surface area contributed by atoms with Gasteiger partial charge in [-0.3, -0.25) is 9.59 Å². The van der Waals surface area contributed by atoms with E-state index in [1.54, 1.807) is 59.0 Å². The van der Waals surface area contributed by atoms with Gasteiger partial charge in [-0.05, 0) is 13.8 Å². The van der Waals surface area contributed by atoms with E-state index in [9.17, 15) is 19.2 Å². The maximum Gasteiger partial charge on any atom is 0.330 e. The highest BCUT2D eigenvalue weighted by Crippen LogP contribution is 2.20. The summed E-state index contributed by atoms with van der Waals surface area (Å²) in [5, 5.41) is 0. The molecule has 44 heavy (non-hydrogen) atoms. The Kier molecular flexibility index (Phi) is 30.6. The van der Waals surface area contributed by atoms with Crippen LogP contribution in [0.4, 0.5) is 0 Å². The van der Waals surface area contributed by atoms with Crippen molar-refractivity contribution in [1.82, 2.24) is 0 Å². The van der Waals surface area contributed by atoms with E-state index in [4.69, 9.17) is 37.9 Å². The van der Waals surface area contributed by atoms with E-state index in [1.165, 1.54) is 0 Å². The fourth-order valence-electron chi connectivity index (χ4n) is 2.53. The zero-order valence-corrected chi connectivity index (χ0v) is 28.8. The fourth-order valence-corrected chi connectivity index (χ4v) is 5.76. The third-order valence-electron chi connectivity index (χ3n) is 4.61. The molecule has 2 atom stereocenters. The molecule has 0 aliphatic rings. The van der Waals surface area contributed by atoms with E-state index in [0.29, 0.717) is 37.9 Å². The fraction of sp³-hybridized carbons (Fsp3) is 0.714. The molecule has 0 heterocycles. The minimum absolute atomic E-state index is 0.0235. The van der Waals surface area contributed by atoms with Crippen LogP contribution in [0.1, 0.15) is 26.7 Å². The molecule has 0 saturated carbocycles. The predicted octanol–water partition coefficient (Wildman–Crippen LogP) is 3.92. The molecular formula is C28H46O12S4. The van der Waals surface area contributed by atoms with Gasteiger partial charge in [0.2, 0.25) is 0 Å². The number of rotatable bonds is 31. The van der Waals surface area contributed by atoms with Gasteiger partial charge in [-0.1, -0.05) is 34.7 Å². The van der Waals surface area contributed by atoms with E-state index >= 15 is 0 Å². The molecular weight excluding hydrogens is 657 g/mol. The number of carbonyl (C=O) groups excluding carboxylic acids is 4. The van der Waals surface area contributed by atoms with Gasteiger partial charge in [-0.15, -0.1) is 0 Å². The van der Waals surface area contributed by atoms with E-state index in [1.807, 2.05) is 0 Å². The first kappa shape index (κ1) is 42.6. The van der Waals surface area contributed by atoms with Gasteiger partial charge < -0.3 is 37.9 Å². The van der Waals surface area contributed by atoms with E-state index in [2.05, 4.69) is 13.2 Å². The Balaban J connectivity index is 3.29. The number of hydrogen-bond acceptors (Lipinski definition) is 16. The van der Waals surface area contributed by atoms with Crippen molar-refractivity contribution in [1.29, 1.82) is 0 Å². The number of esters is 4. The molecule has 0 aromatic carbocycles. The zero-order valence-electron chi connectivity index (χ0n) is 25.6. The van der Waals surface area contributed by atoms with Crippen LogP contribution in [0.15, 0.2) is 25.3 Å². The molecule has 0 aliphatic carbocycles. The smallest absolute Gasteiger partial charge is 0.330 e. The molecule has 0 aromatic rings. The summed E-state index contributed by atoms with van der Waals surface area (Å²) in [5.74, 6) is 2.62. The lowest BCUT2D eigenvalue weighted by atomic mass is 10.4. The molecule has 0 amide bonds. The Labute approximate surface area is 277 Å². The Hall–Kier alpha value is -1.40. The van der Waals surface area contributed by atoms with E-state index in [0.717, 1.165) is 35.2 Å². The third-order valence-corrected chi connectivity index (χ3v) is 8.84. The van der Waals surface area contributed by atoms with E-state index in [-0.39, 0.29) is 51.6 Å². The van der Waals surface area contributed by atoms with Crippen molar-refractivity contribution in [2.45, 2.75) is 38.9 Å². The molecule has 0 saturated heterocycles. The Morgan fingerprint density at radius 3 is 1.32 bits per heavy atom. The summed E-state index contributed by atoms with van der Waals surface area (Å²) in [4.78, 5) is 45.5. The molecule has 0 N–H and O–H groups in total. The predicted molar refractivity (Wildman–Crippen MR) is 176 cm³/mol. The molecule has 0 rings (SSSR count). The summed E-state index contributed by atoms with van der Waals surface area (Å²) >= 11 is 3.17. The summed E-state index contributed by atoms with van der Waals surface area (Å²) in [7, 11) is 3.40. The van der Waals surface area contributed by atoms with Crippen LogP contribution in [0.5, 0.6) is 0 Å². The highest BCUT2D eigenvalue weighted by Gasteiger charge is 2.11. The van der Waals surface area contributed by atoms with Crippen LogP contribution in [-0.4, -0.2) is 124 Å². The van der Waals surface area contributed by atoms with Crippen molar-refractivity contribution in [3.63, 3.8) is 0 Å². The normalized spacial score (nSPS) is 12.1. The molecule has 12 nitrogen and oxygen atoms in total.